The molecule has 2 fully saturated rings. The van der Waals surface area contributed by atoms with Crippen LogP contribution in [0, 0.1) is 0 Å². The highest BCUT2D eigenvalue weighted by Crippen LogP contribution is 2.40. The predicted molar refractivity (Wildman–Crippen MR) is 126 cm³/mol. The summed E-state index contributed by atoms with van der Waals surface area (Å²) < 4.78 is 13.9. The molecule has 1 saturated carbocycles. The lowest BCUT2D eigenvalue weighted by molar-refractivity contribution is 0.143. The molecular weight excluding hydrogens is 450 g/mol. The lowest BCUT2D eigenvalue weighted by Gasteiger charge is -2.41. The van der Waals surface area contributed by atoms with Gasteiger partial charge in [0.15, 0.2) is 5.82 Å². The van der Waals surface area contributed by atoms with Gasteiger partial charge >= 0.3 is 0 Å². The van der Waals surface area contributed by atoms with E-state index in [4.69, 9.17) is 15.0 Å². The Labute approximate surface area is 192 Å². The second-order valence-electron chi connectivity index (χ2n) is 8.77. The molecule has 3 aliphatic rings. The Morgan fingerprint density at radius 1 is 1.26 bits per heavy atom. The van der Waals surface area contributed by atoms with Gasteiger partial charge in [0, 0.05) is 25.4 Å². The highest BCUT2D eigenvalue weighted by Gasteiger charge is 2.41. The Morgan fingerprint density at radius 3 is 2.81 bits per heavy atom. The van der Waals surface area contributed by atoms with Crippen LogP contribution >= 0.6 is 22.7 Å². The molecule has 3 aromatic rings. The molecule has 3 aromatic heterocycles. The molecule has 7 nitrogen and oxygen atoms in total. The topological polar surface area (TPSA) is 97.2 Å². The van der Waals surface area contributed by atoms with Crippen molar-refractivity contribution < 1.29 is 9.66 Å². The standard InChI is InChI=1S/C21H25N5O2S3/c27-12-21(6-1-7-21)25-17-16-14(5-11-31(16)28)22-20(23-17)26-8-2-13(3-9-26)18-24-19-15(30-18)4-10-29-19/h4,10,13,27H,1-3,5-9,11-12H2,(H,22,23,25)/t31-/m1/s1. The third kappa shape index (κ3) is 3.52. The Bertz CT molecular complexity index is 1070. The second-order valence-corrected chi connectivity index (χ2v) is 12.2. The van der Waals surface area contributed by atoms with Crippen LogP contribution in [0.15, 0.2) is 16.3 Å². The van der Waals surface area contributed by atoms with Gasteiger partial charge in [-0.15, -0.1) is 22.7 Å². The van der Waals surface area contributed by atoms with E-state index >= 15 is 0 Å². The van der Waals surface area contributed by atoms with Crippen LogP contribution in [-0.2, 0) is 17.6 Å². The first kappa shape index (κ1) is 20.2. The summed E-state index contributed by atoms with van der Waals surface area (Å²) >= 11 is 2.48. The van der Waals surface area contributed by atoms with Crippen LogP contribution in [0.1, 0.15) is 48.7 Å². The third-order valence-corrected chi connectivity index (χ3v) is 10.4. The van der Waals surface area contributed by atoms with Crippen LogP contribution in [0.2, 0.25) is 0 Å². The van der Waals surface area contributed by atoms with Crippen molar-refractivity contribution in [3.63, 3.8) is 0 Å². The van der Waals surface area contributed by atoms with Gasteiger partial charge < -0.3 is 19.9 Å². The van der Waals surface area contributed by atoms with E-state index in [0.717, 1.165) is 73.0 Å². The Balaban J connectivity index is 1.23. The van der Waals surface area contributed by atoms with E-state index in [-0.39, 0.29) is 12.1 Å². The number of aliphatic hydroxyl groups excluding tert-OH is 1. The minimum absolute atomic E-state index is 0.0738. The van der Waals surface area contributed by atoms with Crippen LogP contribution in [0.3, 0.4) is 0 Å². The van der Waals surface area contributed by atoms with Gasteiger partial charge in [-0.1, -0.05) is 0 Å². The highest BCUT2D eigenvalue weighted by molar-refractivity contribution is 7.91. The Kier molecular flexibility index (Phi) is 5.10. The van der Waals surface area contributed by atoms with Gasteiger partial charge in [0.25, 0.3) is 0 Å². The number of fused-ring (bicyclic) bond motifs is 2. The van der Waals surface area contributed by atoms with Crippen molar-refractivity contribution in [1.29, 1.82) is 0 Å². The molecule has 0 spiro atoms. The number of aliphatic hydroxyl groups is 1. The van der Waals surface area contributed by atoms with E-state index in [0.29, 0.717) is 17.5 Å². The third-order valence-electron chi connectivity index (χ3n) is 6.84. The van der Waals surface area contributed by atoms with E-state index in [9.17, 15) is 9.66 Å². The number of anilines is 2. The minimum Gasteiger partial charge on any atom is -0.611 e. The fourth-order valence-electron chi connectivity index (χ4n) is 4.77. The number of thiazole rings is 1. The number of nitrogens with one attached hydrogen (secondary N) is 1. The first-order valence-electron chi connectivity index (χ1n) is 10.9. The molecule has 0 radical (unpaired) electrons. The normalized spacial score (nSPS) is 23.2. The number of rotatable bonds is 5. The fourth-order valence-corrected chi connectivity index (χ4v) is 8.19. The van der Waals surface area contributed by atoms with Crippen molar-refractivity contribution in [1.82, 2.24) is 15.0 Å². The number of piperidine rings is 1. The number of hydrogen-bond acceptors (Lipinski definition) is 9. The lowest BCUT2D eigenvalue weighted by Crippen LogP contribution is -2.49. The molecule has 0 bridgehead atoms. The van der Waals surface area contributed by atoms with Gasteiger partial charge in [0.05, 0.1) is 21.9 Å². The zero-order valence-electron chi connectivity index (χ0n) is 17.2. The van der Waals surface area contributed by atoms with Crippen LogP contribution in [0.5, 0.6) is 0 Å². The second kappa shape index (κ2) is 7.84. The molecule has 6 rings (SSSR count). The Morgan fingerprint density at radius 2 is 2.10 bits per heavy atom. The van der Waals surface area contributed by atoms with Gasteiger partial charge in [-0.3, -0.25) is 0 Å². The predicted octanol–water partition coefficient (Wildman–Crippen LogP) is 3.52. The van der Waals surface area contributed by atoms with Crippen molar-refractivity contribution in [2.24, 2.45) is 0 Å². The van der Waals surface area contributed by atoms with Crippen LogP contribution in [-0.4, -0.2) is 55.6 Å². The maximum absolute atomic E-state index is 12.6. The van der Waals surface area contributed by atoms with E-state index in [1.165, 1.54) is 9.71 Å². The van der Waals surface area contributed by atoms with Gasteiger partial charge in [-0.05, 0) is 54.7 Å². The first-order valence-corrected chi connectivity index (χ1v) is 13.9. The zero-order chi connectivity index (χ0) is 21.0. The molecule has 2 aliphatic heterocycles. The minimum atomic E-state index is -1.07. The summed E-state index contributed by atoms with van der Waals surface area (Å²) in [5, 5.41) is 16.7. The van der Waals surface area contributed by atoms with Crippen molar-refractivity contribution in [3.8, 4) is 0 Å². The zero-order valence-corrected chi connectivity index (χ0v) is 19.6. The van der Waals surface area contributed by atoms with E-state index in [1.54, 1.807) is 11.3 Å². The summed E-state index contributed by atoms with van der Waals surface area (Å²) in [7, 11) is 0. The Hall–Kier alpha value is -1.46. The van der Waals surface area contributed by atoms with Crippen LogP contribution in [0.25, 0.3) is 9.53 Å². The van der Waals surface area contributed by atoms with Crippen LogP contribution in [0.4, 0.5) is 11.8 Å². The molecule has 10 heteroatoms. The van der Waals surface area contributed by atoms with Crippen molar-refractivity contribution in [2.45, 2.75) is 54.9 Å². The average Bonchev–Trinajstić information content (AvgIpc) is 3.46. The summed E-state index contributed by atoms with van der Waals surface area (Å²) in [6, 6.07) is 2.16. The number of nitrogens with zero attached hydrogens (tertiary/aromatic N) is 4. The maximum Gasteiger partial charge on any atom is 0.227 e. The summed E-state index contributed by atoms with van der Waals surface area (Å²) in [6.07, 6.45) is 5.73. The summed E-state index contributed by atoms with van der Waals surface area (Å²) in [5.74, 6) is 2.50. The van der Waals surface area contributed by atoms with E-state index in [2.05, 4.69) is 21.7 Å². The molecule has 5 heterocycles. The van der Waals surface area contributed by atoms with Crippen molar-refractivity contribution in [2.75, 3.05) is 35.7 Å². The smallest absolute Gasteiger partial charge is 0.227 e. The SMILES string of the molecule is [O-][S@+]1CCc2nc(N3CCC(c4nc5sccc5s4)CC3)nc(NC3(CO)CCC3)c21. The number of hydrogen-bond donors (Lipinski definition) is 2. The van der Waals surface area contributed by atoms with Crippen molar-refractivity contribution in [3.05, 3.63) is 22.1 Å². The maximum atomic E-state index is 12.6. The average molecular weight is 476 g/mol. The van der Waals surface area contributed by atoms with Gasteiger partial charge in [-0.2, -0.15) is 4.98 Å². The molecule has 0 unspecified atom stereocenters. The number of aryl methyl sites for hydroxylation is 1. The van der Waals surface area contributed by atoms with Gasteiger partial charge in [0.2, 0.25) is 10.8 Å². The fraction of sp³-hybridized carbons (Fsp3) is 0.571. The molecule has 164 valence electrons. The monoisotopic (exact) mass is 475 g/mol. The van der Waals surface area contributed by atoms with Crippen molar-refractivity contribution >= 4 is 55.1 Å². The lowest BCUT2D eigenvalue weighted by atomic mass is 9.77. The molecular formula is C21H25N5O2S3. The summed E-state index contributed by atoms with van der Waals surface area (Å²) in [4.78, 5) is 18.7. The molecule has 0 aromatic carbocycles. The first-order chi connectivity index (χ1) is 15.1. The van der Waals surface area contributed by atoms with Gasteiger partial charge in [-0.25, -0.2) is 9.97 Å². The molecule has 1 atom stereocenters. The highest BCUT2D eigenvalue weighted by atomic mass is 32.2. The number of aromatic nitrogens is 3. The summed E-state index contributed by atoms with van der Waals surface area (Å²) in [5.41, 5.74) is 0.581. The molecule has 31 heavy (non-hydrogen) atoms. The largest absolute Gasteiger partial charge is 0.611 e. The summed E-state index contributed by atoms with van der Waals surface area (Å²) in [6.45, 7) is 1.86. The molecule has 1 aliphatic carbocycles. The quantitative estimate of drug-likeness (QED) is 0.545. The van der Waals surface area contributed by atoms with E-state index in [1.807, 2.05) is 11.3 Å². The van der Waals surface area contributed by atoms with Gasteiger partial charge in [0.1, 0.15) is 16.3 Å². The number of thiophene rings is 1. The van der Waals surface area contributed by atoms with E-state index < -0.39 is 11.2 Å². The molecule has 0 amide bonds. The van der Waals surface area contributed by atoms with Crippen LogP contribution < -0.4 is 10.2 Å². The molecule has 2 N–H and O–H groups in total. The molecule has 1 saturated heterocycles.